The van der Waals surface area contributed by atoms with E-state index in [4.69, 9.17) is 0 Å². The quantitative estimate of drug-likeness (QED) is 0.740. The van der Waals surface area contributed by atoms with Gasteiger partial charge in [-0.1, -0.05) is 12.8 Å². The summed E-state index contributed by atoms with van der Waals surface area (Å²) in [5.41, 5.74) is -0.0414. The number of nitrogens with zero attached hydrogens (tertiary/aromatic N) is 1. The number of nitrogens with two attached hydrogens (primary N) is 1. The van der Waals surface area contributed by atoms with E-state index in [1.807, 2.05) is 0 Å². The minimum atomic E-state index is -0.0414. The van der Waals surface area contributed by atoms with Gasteiger partial charge in [-0.05, 0) is 38.5 Å². The van der Waals surface area contributed by atoms with Gasteiger partial charge in [0.2, 0.25) is 0 Å². The van der Waals surface area contributed by atoms with Crippen LogP contribution in [0.3, 0.4) is 0 Å². The molecule has 2 heteroatoms. The van der Waals surface area contributed by atoms with E-state index in [1.165, 1.54) is 51.4 Å². The van der Waals surface area contributed by atoms with Crippen molar-refractivity contribution in [2.75, 3.05) is 0 Å². The van der Waals surface area contributed by atoms with Crippen LogP contribution in [0.5, 0.6) is 0 Å². The van der Waals surface area contributed by atoms with Crippen molar-refractivity contribution in [2.24, 2.45) is 0 Å². The molecule has 2 aliphatic rings. The molecule has 2 nitrogen and oxygen atoms in total. The van der Waals surface area contributed by atoms with Crippen molar-refractivity contribution in [1.29, 1.82) is 5.26 Å². The minimum absolute atomic E-state index is 0.0414. The van der Waals surface area contributed by atoms with Gasteiger partial charge in [-0.25, -0.2) is 0 Å². The van der Waals surface area contributed by atoms with E-state index in [9.17, 15) is 5.26 Å². The molecule has 84 valence electrons. The van der Waals surface area contributed by atoms with Crippen molar-refractivity contribution in [2.45, 2.75) is 75.8 Å². The third-order valence-electron chi connectivity index (χ3n) is 4.17. The summed E-state index contributed by atoms with van der Waals surface area (Å²) in [4.78, 5) is 0. The molecule has 0 aromatic carbocycles. The van der Waals surface area contributed by atoms with Crippen LogP contribution in [0, 0.1) is 11.3 Å². The smallest absolute Gasteiger partial charge is 0.183 e. The lowest BCUT2D eigenvalue weighted by Crippen LogP contribution is -3.01. The Morgan fingerprint density at radius 2 is 1.53 bits per heavy atom. The molecular formula is C13H23N2+. The van der Waals surface area contributed by atoms with Gasteiger partial charge < -0.3 is 5.32 Å². The first-order valence-corrected chi connectivity index (χ1v) is 6.62. The van der Waals surface area contributed by atoms with Crippen LogP contribution in [0.1, 0.15) is 64.2 Å². The average Bonchev–Trinajstić information content (AvgIpc) is 2.32. The van der Waals surface area contributed by atoms with E-state index in [0.29, 0.717) is 0 Å². The first kappa shape index (κ1) is 11.0. The molecule has 0 bridgehead atoms. The zero-order valence-electron chi connectivity index (χ0n) is 9.67. The second-order valence-corrected chi connectivity index (χ2v) is 5.39. The molecule has 15 heavy (non-hydrogen) atoms. The lowest BCUT2D eigenvalue weighted by molar-refractivity contribution is -0.749. The molecule has 0 atom stereocenters. The van der Waals surface area contributed by atoms with Crippen LogP contribution in [0.2, 0.25) is 0 Å². The van der Waals surface area contributed by atoms with Crippen molar-refractivity contribution >= 4 is 0 Å². The van der Waals surface area contributed by atoms with E-state index in [1.54, 1.807) is 0 Å². The van der Waals surface area contributed by atoms with Gasteiger partial charge in [-0.15, -0.1) is 0 Å². The maximum Gasteiger partial charge on any atom is 0.183 e. The van der Waals surface area contributed by atoms with E-state index < -0.39 is 0 Å². The van der Waals surface area contributed by atoms with Crippen LogP contribution in [-0.2, 0) is 0 Å². The fraction of sp³-hybridized carbons (Fsp3) is 0.923. The van der Waals surface area contributed by atoms with Gasteiger partial charge in [0, 0.05) is 12.8 Å². The lowest BCUT2D eigenvalue weighted by Gasteiger charge is -2.33. The van der Waals surface area contributed by atoms with Crippen molar-refractivity contribution in [3.63, 3.8) is 0 Å². The fourth-order valence-corrected chi connectivity index (χ4v) is 3.25. The van der Waals surface area contributed by atoms with E-state index in [-0.39, 0.29) is 5.54 Å². The molecule has 2 saturated carbocycles. The Bertz CT molecular complexity index is 229. The Morgan fingerprint density at radius 1 is 0.933 bits per heavy atom. The summed E-state index contributed by atoms with van der Waals surface area (Å²) in [5.74, 6) is 0. The van der Waals surface area contributed by atoms with Gasteiger partial charge in [0.05, 0.1) is 6.04 Å². The summed E-state index contributed by atoms with van der Waals surface area (Å²) >= 11 is 0. The van der Waals surface area contributed by atoms with Crippen LogP contribution in [-0.4, -0.2) is 11.6 Å². The Hall–Kier alpha value is -0.550. The van der Waals surface area contributed by atoms with Crippen LogP contribution in [0.4, 0.5) is 0 Å². The predicted octanol–water partition coefficient (Wildman–Crippen LogP) is 2.11. The second kappa shape index (κ2) is 4.99. The molecule has 0 aromatic heterocycles. The molecular weight excluding hydrogens is 184 g/mol. The van der Waals surface area contributed by atoms with Crippen molar-refractivity contribution in [1.82, 2.24) is 0 Å². The van der Waals surface area contributed by atoms with Crippen LogP contribution < -0.4 is 5.32 Å². The van der Waals surface area contributed by atoms with Crippen molar-refractivity contribution < 1.29 is 5.32 Å². The highest BCUT2D eigenvalue weighted by Crippen LogP contribution is 2.25. The molecule has 2 N–H and O–H groups in total. The van der Waals surface area contributed by atoms with Gasteiger partial charge in [0.1, 0.15) is 6.07 Å². The molecule has 2 aliphatic carbocycles. The molecule has 0 heterocycles. The number of hydrogen-bond acceptors (Lipinski definition) is 1. The van der Waals surface area contributed by atoms with Gasteiger partial charge >= 0.3 is 0 Å². The number of rotatable bonds is 2. The standard InChI is InChI=1S/C13H22N2/c14-11-13(9-5-2-6-10-13)15-12-7-3-1-4-8-12/h12,15H,1-10H2/p+1. The van der Waals surface area contributed by atoms with Gasteiger partial charge in [-0.3, -0.25) is 0 Å². The Balaban J connectivity index is 1.91. The maximum atomic E-state index is 9.39. The topological polar surface area (TPSA) is 40.4 Å². The van der Waals surface area contributed by atoms with Crippen LogP contribution in [0.25, 0.3) is 0 Å². The minimum Gasteiger partial charge on any atom is -0.327 e. The summed E-state index contributed by atoms with van der Waals surface area (Å²) < 4.78 is 0. The molecule has 0 unspecified atom stereocenters. The summed E-state index contributed by atoms with van der Waals surface area (Å²) in [7, 11) is 0. The lowest BCUT2D eigenvalue weighted by atomic mass is 9.81. The highest BCUT2D eigenvalue weighted by Gasteiger charge is 2.38. The van der Waals surface area contributed by atoms with Crippen LogP contribution >= 0.6 is 0 Å². The Kier molecular flexibility index (Phi) is 3.64. The molecule has 0 aliphatic heterocycles. The highest BCUT2D eigenvalue weighted by atomic mass is 15.0. The second-order valence-electron chi connectivity index (χ2n) is 5.39. The summed E-state index contributed by atoms with van der Waals surface area (Å²) in [6.45, 7) is 0. The maximum absolute atomic E-state index is 9.39. The normalized spacial score (nSPS) is 27.1. The zero-order chi connectivity index (χ0) is 10.6. The predicted molar refractivity (Wildman–Crippen MR) is 60.2 cm³/mol. The van der Waals surface area contributed by atoms with Gasteiger partial charge in [0.15, 0.2) is 5.54 Å². The fourth-order valence-electron chi connectivity index (χ4n) is 3.25. The number of hydrogen-bond donors (Lipinski definition) is 1. The third kappa shape index (κ3) is 2.72. The first-order valence-electron chi connectivity index (χ1n) is 6.62. The molecule has 0 amide bonds. The SMILES string of the molecule is N#CC1([NH2+]C2CCCCC2)CCCCC1. The number of quaternary nitrogens is 1. The summed E-state index contributed by atoms with van der Waals surface area (Å²) in [6.07, 6.45) is 12.9. The van der Waals surface area contributed by atoms with Crippen LogP contribution in [0.15, 0.2) is 0 Å². The molecule has 0 radical (unpaired) electrons. The monoisotopic (exact) mass is 207 g/mol. The summed E-state index contributed by atoms with van der Waals surface area (Å²) in [5, 5.41) is 11.8. The largest absolute Gasteiger partial charge is 0.327 e. The third-order valence-corrected chi connectivity index (χ3v) is 4.17. The first-order chi connectivity index (χ1) is 7.35. The van der Waals surface area contributed by atoms with Gasteiger partial charge in [0.25, 0.3) is 0 Å². The van der Waals surface area contributed by atoms with E-state index in [0.717, 1.165) is 18.9 Å². The van der Waals surface area contributed by atoms with Gasteiger partial charge in [-0.2, -0.15) is 5.26 Å². The Labute approximate surface area is 93.0 Å². The van der Waals surface area contributed by atoms with E-state index >= 15 is 0 Å². The van der Waals surface area contributed by atoms with Crippen molar-refractivity contribution in [3.05, 3.63) is 0 Å². The molecule has 0 spiro atoms. The summed E-state index contributed by atoms with van der Waals surface area (Å²) in [6, 6.07) is 3.36. The molecule has 0 aromatic rings. The average molecular weight is 207 g/mol. The molecule has 2 fully saturated rings. The highest BCUT2D eigenvalue weighted by molar-refractivity contribution is 5.01. The molecule has 0 saturated heterocycles. The molecule has 2 rings (SSSR count). The van der Waals surface area contributed by atoms with E-state index in [2.05, 4.69) is 11.4 Å². The zero-order valence-corrected chi connectivity index (χ0v) is 9.67. The van der Waals surface area contributed by atoms with Crippen molar-refractivity contribution in [3.8, 4) is 6.07 Å². The Morgan fingerprint density at radius 3 is 2.13 bits per heavy atom. The number of nitriles is 1.